The van der Waals surface area contributed by atoms with Gasteiger partial charge in [-0.3, -0.25) is 0 Å². The molecule has 0 bridgehead atoms. The third kappa shape index (κ3) is 4.04. The molecular weight excluding hydrogens is 210 g/mol. The highest BCUT2D eigenvalue weighted by Crippen LogP contribution is 2.22. The second-order valence-electron chi connectivity index (χ2n) is 4.68. The lowest BCUT2D eigenvalue weighted by Crippen LogP contribution is -2.34. The number of hydrogen-bond donors (Lipinski definition) is 1. The number of benzene rings is 1. The van der Waals surface area contributed by atoms with Gasteiger partial charge in [0.25, 0.3) is 0 Å². The fraction of sp³-hybridized carbons (Fsp3) is 0.600. The van der Waals surface area contributed by atoms with E-state index in [2.05, 4.69) is 31.3 Å². The van der Waals surface area contributed by atoms with Gasteiger partial charge in [-0.05, 0) is 37.4 Å². The zero-order chi connectivity index (χ0) is 12.7. The summed E-state index contributed by atoms with van der Waals surface area (Å²) in [5.74, 6) is 1.69. The Hall–Kier alpha value is -1.02. The highest BCUT2D eigenvalue weighted by Gasteiger charge is 2.16. The molecule has 2 atom stereocenters. The first-order valence-corrected chi connectivity index (χ1v) is 6.52. The average Bonchev–Trinajstić information content (AvgIpc) is 2.36. The van der Waals surface area contributed by atoms with Gasteiger partial charge in [-0.1, -0.05) is 38.5 Å². The van der Waals surface area contributed by atoms with Crippen LogP contribution in [0.4, 0.5) is 0 Å². The van der Waals surface area contributed by atoms with Crippen molar-refractivity contribution < 1.29 is 4.74 Å². The van der Waals surface area contributed by atoms with Crippen molar-refractivity contribution in [3.63, 3.8) is 0 Å². The molecule has 0 fully saturated rings. The van der Waals surface area contributed by atoms with Crippen molar-refractivity contribution in [2.24, 2.45) is 5.92 Å². The quantitative estimate of drug-likeness (QED) is 0.783. The fourth-order valence-corrected chi connectivity index (χ4v) is 2.35. The standard InChI is InChI=1S/C15H25NO/c1-5-8-12(2)14(16-3)11-13-9-6-7-10-15(13)17-4/h6-7,9-10,12,14,16H,5,8,11H2,1-4H3. The van der Waals surface area contributed by atoms with E-state index >= 15 is 0 Å². The van der Waals surface area contributed by atoms with E-state index in [0.29, 0.717) is 12.0 Å². The van der Waals surface area contributed by atoms with Crippen LogP contribution in [0, 0.1) is 5.92 Å². The summed E-state index contributed by atoms with van der Waals surface area (Å²) in [5, 5.41) is 3.43. The van der Waals surface area contributed by atoms with E-state index in [0.717, 1.165) is 12.2 Å². The number of likely N-dealkylation sites (N-methyl/N-ethyl adjacent to an activating group) is 1. The van der Waals surface area contributed by atoms with E-state index in [9.17, 15) is 0 Å². The molecule has 1 aromatic rings. The van der Waals surface area contributed by atoms with Crippen molar-refractivity contribution in [1.29, 1.82) is 0 Å². The van der Waals surface area contributed by atoms with Crippen LogP contribution in [-0.2, 0) is 6.42 Å². The van der Waals surface area contributed by atoms with E-state index in [1.165, 1.54) is 18.4 Å². The van der Waals surface area contributed by atoms with Gasteiger partial charge in [0.1, 0.15) is 5.75 Å². The average molecular weight is 235 g/mol. The number of nitrogens with one attached hydrogen (secondary N) is 1. The summed E-state index contributed by atoms with van der Waals surface area (Å²) < 4.78 is 5.40. The molecule has 0 saturated carbocycles. The molecule has 2 nitrogen and oxygen atoms in total. The van der Waals surface area contributed by atoms with Gasteiger partial charge in [0.05, 0.1) is 7.11 Å². The van der Waals surface area contributed by atoms with Gasteiger partial charge in [-0.15, -0.1) is 0 Å². The Labute approximate surface area is 105 Å². The van der Waals surface area contributed by atoms with E-state index in [-0.39, 0.29) is 0 Å². The Bertz CT molecular complexity index is 324. The normalized spacial score (nSPS) is 14.4. The number of rotatable bonds is 7. The van der Waals surface area contributed by atoms with Gasteiger partial charge < -0.3 is 10.1 Å². The molecule has 17 heavy (non-hydrogen) atoms. The van der Waals surface area contributed by atoms with Crippen molar-refractivity contribution in [2.45, 2.75) is 39.2 Å². The van der Waals surface area contributed by atoms with Crippen molar-refractivity contribution in [3.8, 4) is 5.75 Å². The Morgan fingerprint density at radius 1 is 1.29 bits per heavy atom. The first kappa shape index (κ1) is 14.0. The van der Waals surface area contributed by atoms with Crippen LogP contribution in [0.15, 0.2) is 24.3 Å². The molecule has 2 unspecified atom stereocenters. The van der Waals surface area contributed by atoms with Gasteiger partial charge in [-0.25, -0.2) is 0 Å². The molecule has 0 radical (unpaired) electrons. The largest absolute Gasteiger partial charge is 0.496 e. The molecule has 0 heterocycles. The molecule has 96 valence electrons. The highest BCUT2D eigenvalue weighted by atomic mass is 16.5. The third-order valence-electron chi connectivity index (χ3n) is 3.43. The van der Waals surface area contributed by atoms with Crippen LogP contribution in [0.3, 0.4) is 0 Å². The molecule has 0 saturated heterocycles. The van der Waals surface area contributed by atoms with Crippen LogP contribution < -0.4 is 10.1 Å². The minimum Gasteiger partial charge on any atom is -0.496 e. The maximum Gasteiger partial charge on any atom is 0.122 e. The van der Waals surface area contributed by atoms with Crippen LogP contribution in [0.2, 0.25) is 0 Å². The molecule has 2 heteroatoms. The Morgan fingerprint density at radius 3 is 2.59 bits per heavy atom. The molecule has 0 aromatic heterocycles. The van der Waals surface area contributed by atoms with Gasteiger partial charge in [-0.2, -0.15) is 0 Å². The molecule has 0 spiro atoms. The van der Waals surface area contributed by atoms with Crippen LogP contribution in [0.25, 0.3) is 0 Å². The number of ether oxygens (including phenoxy) is 1. The van der Waals surface area contributed by atoms with Crippen molar-refractivity contribution in [3.05, 3.63) is 29.8 Å². The van der Waals surface area contributed by atoms with Gasteiger partial charge in [0.2, 0.25) is 0 Å². The lowest BCUT2D eigenvalue weighted by atomic mass is 9.91. The first-order chi connectivity index (χ1) is 8.22. The molecule has 0 aliphatic carbocycles. The summed E-state index contributed by atoms with van der Waals surface area (Å²) in [6, 6.07) is 8.81. The number of hydrogen-bond acceptors (Lipinski definition) is 2. The van der Waals surface area contributed by atoms with E-state index in [4.69, 9.17) is 4.74 Å². The van der Waals surface area contributed by atoms with E-state index in [1.807, 2.05) is 19.2 Å². The van der Waals surface area contributed by atoms with Crippen LogP contribution in [0.1, 0.15) is 32.3 Å². The van der Waals surface area contributed by atoms with Crippen molar-refractivity contribution in [2.75, 3.05) is 14.2 Å². The molecule has 1 N–H and O–H groups in total. The summed E-state index contributed by atoms with van der Waals surface area (Å²) in [6.07, 6.45) is 3.54. The summed E-state index contributed by atoms with van der Waals surface area (Å²) >= 11 is 0. The topological polar surface area (TPSA) is 21.3 Å². The second kappa shape index (κ2) is 7.33. The number of para-hydroxylation sites is 1. The Morgan fingerprint density at radius 2 is 2.00 bits per heavy atom. The summed E-state index contributed by atoms with van der Waals surface area (Å²) in [6.45, 7) is 4.56. The lowest BCUT2D eigenvalue weighted by Gasteiger charge is -2.24. The maximum absolute atomic E-state index is 5.40. The number of methoxy groups -OCH3 is 1. The summed E-state index contributed by atoms with van der Waals surface area (Å²) in [4.78, 5) is 0. The molecular formula is C15H25NO. The fourth-order valence-electron chi connectivity index (χ4n) is 2.35. The lowest BCUT2D eigenvalue weighted by molar-refractivity contribution is 0.361. The van der Waals surface area contributed by atoms with Gasteiger partial charge in [0.15, 0.2) is 0 Å². The third-order valence-corrected chi connectivity index (χ3v) is 3.43. The van der Waals surface area contributed by atoms with E-state index in [1.54, 1.807) is 7.11 Å². The molecule has 1 aromatic carbocycles. The smallest absolute Gasteiger partial charge is 0.122 e. The SMILES string of the molecule is CCCC(C)C(Cc1ccccc1OC)NC. The van der Waals surface area contributed by atoms with Crippen molar-refractivity contribution in [1.82, 2.24) is 5.32 Å². The summed E-state index contributed by atoms with van der Waals surface area (Å²) in [7, 11) is 3.79. The zero-order valence-electron chi connectivity index (χ0n) is 11.5. The Balaban J connectivity index is 2.73. The predicted molar refractivity (Wildman–Crippen MR) is 73.6 cm³/mol. The van der Waals surface area contributed by atoms with Crippen LogP contribution >= 0.6 is 0 Å². The molecule has 0 aliphatic rings. The second-order valence-corrected chi connectivity index (χ2v) is 4.68. The molecule has 0 aliphatic heterocycles. The molecule has 0 amide bonds. The molecule has 1 rings (SSSR count). The maximum atomic E-state index is 5.40. The minimum atomic E-state index is 0.520. The predicted octanol–water partition coefficient (Wildman–Crippen LogP) is 3.26. The first-order valence-electron chi connectivity index (χ1n) is 6.52. The van der Waals surface area contributed by atoms with Crippen molar-refractivity contribution >= 4 is 0 Å². The Kier molecular flexibility index (Phi) is 6.06. The monoisotopic (exact) mass is 235 g/mol. The van der Waals surface area contributed by atoms with Crippen LogP contribution in [0.5, 0.6) is 5.75 Å². The van der Waals surface area contributed by atoms with Gasteiger partial charge in [0, 0.05) is 6.04 Å². The van der Waals surface area contributed by atoms with Gasteiger partial charge >= 0.3 is 0 Å². The van der Waals surface area contributed by atoms with E-state index < -0.39 is 0 Å². The highest BCUT2D eigenvalue weighted by molar-refractivity contribution is 5.33. The summed E-state index contributed by atoms with van der Waals surface area (Å²) in [5.41, 5.74) is 1.29. The van der Waals surface area contributed by atoms with Crippen LogP contribution in [-0.4, -0.2) is 20.2 Å². The minimum absolute atomic E-state index is 0.520. The zero-order valence-corrected chi connectivity index (χ0v) is 11.5.